The standard InChI is InChI=1S/C20H23NO2/c1-21(2)19(14-8-4-3-5-9-14)17-13-22-18-12-15-10-6-7-11-16(15)20(17)23-18/h3-11,17-20H,12-13H2,1-2H3/t17-,18-,19-,20+/m1/s1. The van der Waals surface area contributed by atoms with Gasteiger partial charge < -0.3 is 14.4 Å². The average Bonchev–Trinajstić information content (AvgIpc) is 2.58. The van der Waals surface area contributed by atoms with Crippen LogP contribution in [0.5, 0.6) is 0 Å². The predicted molar refractivity (Wildman–Crippen MR) is 90.1 cm³/mol. The van der Waals surface area contributed by atoms with Gasteiger partial charge in [-0.15, -0.1) is 0 Å². The van der Waals surface area contributed by atoms with Crippen LogP contribution < -0.4 is 0 Å². The zero-order valence-electron chi connectivity index (χ0n) is 13.7. The zero-order valence-corrected chi connectivity index (χ0v) is 13.7. The normalized spacial score (nSPS) is 27.5. The number of ether oxygens (including phenoxy) is 2. The van der Waals surface area contributed by atoms with Crippen molar-refractivity contribution in [2.45, 2.75) is 24.9 Å². The highest BCUT2D eigenvalue weighted by Crippen LogP contribution is 2.45. The number of hydrogen-bond acceptors (Lipinski definition) is 3. The summed E-state index contributed by atoms with van der Waals surface area (Å²) >= 11 is 0. The van der Waals surface area contributed by atoms with Gasteiger partial charge in [0.1, 0.15) is 0 Å². The second-order valence-corrected chi connectivity index (χ2v) is 6.71. The lowest BCUT2D eigenvalue weighted by atomic mass is 9.81. The van der Waals surface area contributed by atoms with Crippen molar-refractivity contribution in [3.05, 3.63) is 71.3 Å². The molecule has 2 aliphatic heterocycles. The lowest BCUT2D eigenvalue weighted by molar-refractivity contribution is -0.254. The van der Waals surface area contributed by atoms with Crippen molar-refractivity contribution in [3.63, 3.8) is 0 Å². The molecule has 0 unspecified atom stereocenters. The van der Waals surface area contributed by atoms with Crippen LogP contribution in [-0.4, -0.2) is 31.9 Å². The Bertz CT molecular complexity index is 670. The number of hydrogen-bond donors (Lipinski definition) is 0. The van der Waals surface area contributed by atoms with Gasteiger partial charge in [-0.25, -0.2) is 0 Å². The first-order chi connectivity index (χ1) is 11.2. The molecule has 23 heavy (non-hydrogen) atoms. The van der Waals surface area contributed by atoms with E-state index in [1.54, 1.807) is 0 Å². The summed E-state index contributed by atoms with van der Waals surface area (Å²) in [5.41, 5.74) is 4.01. The molecular formula is C20H23NO2. The fraction of sp³-hybridized carbons (Fsp3) is 0.400. The molecule has 2 aromatic rings. The molecule has 0 aliphatic carbocycles. The van der Waals surface area contributed by atoms with Crippen LogP contribution >= 0.6 is 0 Å². The molecule has 4 atom stereocenters. The Kier molecular flexibility index (Phi) is 3.93. The summed E-state index contributed by atoms with van der Waals surface area (Å²) < 4.78 is 12.3. The Hall–Kier alpha value is -1.68. The molecule has 0 N–H and O–H groups in total. The lowest BCUT2D eigenvalue weighted by Gasteiger charge is -2.46. The maximum Gasteiger partial charge on any atom is 0.162 e. The summed E-state index contributed by atoms with van der Waals surface area (Å²) in [6.45, 7) is 0.738. The average molecular weight is 309 g/mol. The van der Waals surface area contributed by atoms with E-state index < -0.39 is 0 Å². The summed E-state index contributed by atoms with van der Waals surface area (Å²) in [6.07, 6.45) is 0.869. The van der Waals surface area contributed by atoms with Gasteiger partial charge in [-0.05, 0) is 30.8 Å². The van der Waals surface area contributed by atoms with Crippen molar-refractivity contribution < 1.29 is 9.47 Å². The van der Waals surface area contributed by atoms with Gasteiger partial charge in [-0.2, -0.15) is 0 Å². The molecule has 4 rings (SSSR count). The van der Waals surface area contributed by atoms with Gasteiger partial charge in [0.2, 0.25) is 0 Å². The van der Waals surface area contributed by atoms with Gasteiger partial charge in [0.15, 0.2) is 6.29 Å². The molecule has 3 nitrogen and oxygen atoms in total. The predicted octanol–water partition coefficient (Wildman–Crippen LogP) is 3.58. The van der Waals surface area contributed by atoms with E-state index in [-0.39, 0.29) is 24.4 Å². The van der Waals surface area contributed by atoms with Gasteiger partial charge in [-0.3, -0.25) is 0 Å². The minimum absolute atomic E-state index is 0.0928. The first kappa shape index (κ1) is 14.9. The van der Waals surface area contributed by atoms with Crippen molar-refractivity contribution in [2.24, 2.45) is 5.92 Å². The third kappa shape index (κ3) is 2.69. The molecule has 0 amide bonds. The first-order valence-electron chi connectivity index (χ1n) is 8.30. The SMILES string of the molecule is CN(C)[C@H](c1ccccc1)[C@H]1CO[C@H]2Cc3ccccc3[C@@H]1O2. The summed E-state index contributed by atoms with van der Waals surface area (Å²) in [7, 11) is 4.27. The van der Waals surface area contributed by atoms with Crippen molar-refractivity contribution in [3.8, 4) is 0 Å². The monoisotopic (exact) mass is 309 g/mol. The summed E-state index contributed by atoms with van der Waals surface area (Å²) in [4.78, 5) is 2.28. The number of nitrogens with zero attached hydrogens (tertiary/aromatic N) is 1. The van der Waals surface area contributed by atoms with Gasteiger partial charge in [0.25, 0.3) is 0 Å². The van der Waals surface area contributed by atoms with Gasteiger partial charge in [0.05, 0.1) is 12.7 Å². The van der Waals surface area contributed by atoms with Crippen LogP contribution in [0.2, 0.25) is 0 Å². The van der Waals surface area contributed by atoms with Crippen LogP contribution in [0.15, 0.2) is 54.6 Å². The fourth-order valence-corrected chi connectivity index (χ4v) is 4.03. The highest BCUT2D eigenvalue weighted by Gasteiger charge is 2.42. The van der Waals surface area contributed by atoms with E-state index in [2.05, 4.69) is 73.6 Å². The molecule has 1 fully saturated rings. The molecule has 0 saturated carbocycles. The highest BCUT2D eigenvalue weighted by atomic mass is 16.7. The van der Waals surface area contributed by atoms with Crippen LogP contribution in [0, 0.1) is 5.92 Å². The molecule has 2 aromatic carbocycles. The Morgan fingerprint density at radius 3 is 2.52 bits per heavy atom. The lowest BCUT2D eigenvalue weighted by Crippen LogP contribution is -2.45. The number of fused-ring (bicyclic) bond motifs is 4. The van der Waals surface area contributed by atoms with Gasteiger partial charge in [0, 0.05) is 18.4 Å². The fourth-order valence-electron chi connectivity index (χ4n) is 4.03. The topological polar surface area (TPSA) is 21.7 Å². The van der Waals surface area contributed by atoms with Gasteiger partial charge >= 0.3 is 0 Å². The summed E-state index contributed by atoms with van der Waals surface area (Å²) in [5, 5.41) is 0. The molecule has 3 heteroatoms. The number of rotatable bonds is 3. The quantitative estimate of drug-likeness (QED) is 0.865. The first-order valence-corrected chi connectivity index (χ1v) is 8.30. The van der Waals surface area contributed by atoms with E-state index in [0.29, 0.717) is 0 Å². The Balaban J connectivity index is 1.74. The molecule has 0 aromatic heterocycles. The van der Waals surface area contributed by atoms with Gasteiger partial charge in [-0.1, -0.05) is 54.6 Å². The molecule has 2 bridgehead atoms. The van der Waals surface area contributed by atoms with Crippen LogP contribution in [0.4, 0.5) is 0 Å². The van der Waals surface area contributed by atoms with Crippen molar-refractivity contribution >= 4 is 0 Å². The van der Waals surface area contributed by atoms with Crippen LogP contribution in [0.3, 0.4) is 0 Å². The molecule has 2 heterocycles. The molecule has 0 radical (unpaired) electrons. The second kappa shape index (κ2) is 6.08. The molecular weight excluding hydrogens is 286 g/mol. The van der Waals surface area contributed by atoms with E-state index >= 15 is 0 Å². The highest BCUT2D eigenvalue weighted by molar-refractivity contribution is 5.33. The molecule has 2 aliphatic rings. The number of benzene rings is 2. The third-order valence-electron chi connectivity index (χ3n) is 5.01. The minimum Gasteiger partial charge on any atom is -0.352 e. The van der Waals surface area contributed by atoms with E-state index in [1.807, 2.05) is 0 Å². The van der Waals surface area contributed by atoms with E-state index in [4.69, 9.17) is 9.47 Å². The Morgan fingerprint density at radius 2 is 1.74 bits per heavy atom. The van der Waals surface area contributed by atoms with E-state index in [0.717, 1.165) is 13.0 Å². The van der Waals surface area contributed by atoms with Crippen molar-refractivity contribution in [1.29, 1.82) is 0 Å². The van der Waals surface area contributed by atoms with Crippen LogP contribution in [0.1, 0.15) is 28.8 Å². The molecule has 120 valence electrons. The maximum absolute atomic E-state index is 6.27. The molecule has 1 saturated heterocycles. The van der Waals surface area contributed by atoms with Crippen molar-refractivity contribution in [2.75, 3.05) is 20.7 Å². The Morgan fingerprint density at radius 1 is 1.00 bits per heavy atom. The zero-order chi connectivity index (χ0) is 15.8. The third-order valence-corrected chi connectivity index (χ3v) is 5.01. The minimum atomic E-state index is -0.0928. The Labute approximate surface area is 137 Å². The maximum atomic E-state index is 6.27. The second-order valence-electron chi connectivity index (χ2n) is 6.71. The van der Waals surface area contributed by atoms with E-state index in [1.165, 1.54) is 16.7 Å². The summed E-state index contributed by atoms with van der Waals surface area (Å²) in [6, 6.07) is 19.6. The van der Waals surface area contributed by atoms with Crippen molar-refractivity contribution in [1.82, 2.24) is 4.90 Å². The van der Waals surface area contributed by atoms with E-state index in [9.17, 15) is 0 Å². The molecule has 0 spiro atoms. The smallest absolute Gasteiger partial charge is 0.162 e. The van der Waals surface area contributed by atoms with Crippen LogP contribution in [-0.2, 0) is 15.9 Å². The largest absolute Gasteiger partial charge is 0.352 e. The summed E-state index contributed by atoms with van der Waals surface area (Å²) in [5.74, 6) is 0.282. The van der Waals surface area contributed by atoms with Crippen LogP contribution in [0.25, 0.3) is 0 Å².